The summed E-state index contributed by atoms with van der Waals surface area (Å²) in [5, 5.41) is 10.0. The average Bonchev–Trinajstić information content (AvgIpc) is 3.20. The number of nitrogens with zero attached hydrogens (tertiary/aromatic N) is 2. The van der Waals surface area contributed by atoms with Crippen molar-refractivity contribution >= 4 is 17.9 Å². The Morgan fingerprint density at radius 2 is 1.79 bits per heavy atom. The highest BCUT2D eigenvalue weighted by molar-refractivity contribution is 5.91. The summed E-state index contributed by atoms with van der Waals surface area (Å²) in [7, 11) is 1.59. The van der Waals surface area contributed by atoms with Gasteiger partial charge in [0.15, 0.2) is 6.61 Å². The quantitative estimate of drug-likeness (QED) is 0.598. The van der Waals surface area contributed by atoms with E-state index in [-0.39, 0.29) is 18.3 Å². The molecule has 3 aromatic rings. The molecule has 28 heavy (non-hydrogen) atoms. The molecule has 0 radical (unpaired) electrons. The predicted octanol–water partition coefficient (Wildman–Crippen LogP) is 2.86. The van der Waals surface area contributed by atoms with Crippen LogP contribution in [0.5, 0.6) is 5.75 Å². The van der Waals surface area contributed by atoms with E-state index in [1.165, 1.54) is 0 Å². The molecule has 144 valence electrons. The molecule has 0 spiro atoms. The highest BCUT2D eigenvalue weighted by Crippen LogP contribution is 2.19. The van der Waals surface area contributed by atoms with E-state index in [9.17, 15) is 9.59 Å². The van der Waals surface area contributed by atoms with E-state index in [0.29, 0.717) is 6.42 Å². The minimum Gasteiger partial charge on any atom is -0.497 e. The zero-order chi connectivity index (χ0) is 19.8. The molecular formula is C20H19N3O5. The van der Waals surface area contributed by atoms with E-state index in [2.05, 4.69) is 15.5 Å². The summed E-state index contributed by atoms with van der Waals surface area (Å²) in [6.07, 6.45) is 0.673. The summed E-state index contributed by atoms with van der Waals surface area (Å²) in [5.74, 6) is 0.00867. The Hall–Kier alpha value is -3.68. The van der Waals surface area contributed by atoms with Crippen LogP contribution in [0.2, 0.25) is 0 Å². The molecule has 8 heteroatoms. The van der Waals surface area contributed by atoms with Crippen LogP contribution in [-0.2, 0) is 20.7 Å². The Labute approximate surface area is 161 Å². The number of hydrogen-bond donors (Lipinski definition) is 1. The number of anilines is 1. The zero-order valence-corrected chi connectivity index (χ0v) is 15.3. The molecule has 0 aliphatic rings. The van der Waals surface area contributed by atoms with Crippen molar-refractivity contribution < 1.29 is 23.5 Å². The van der Waals surface area contributed by atoms with E-state index in [0.717, 1.165) is 16.9 Å². The van der Waals surface area contributed by atoms with E-state index in [4.69, 9.17) is 13.9 Å². The number of ether oxygens (including phenoxy) is 2. The van der Waals surface area contributed by atoms with Gasteiger partial charge in [0.25, 0.3) is 5.91 Å². The van der Waals surface area contributed by atoms with Gasteiger partial charge in [-0.15, -0.1) is 5.10 Å². The molecule has 0 fully saturated rings. The van der Waals surface area contributed by atoms with Gasteiger partial charge in [0.2, 0.25) is 5.89 Å². The van der Waals surface area contributed by atoms with Crippen molar-refractivity contribution in [3.63, 3.8) is 0 Å². The van der Waals surface area contributed by atoms with Crippen LogP contribution < -0.4 is 10.1 Å². The molecule has 0 aliphatic carbocycles. The van der Waals surface area contributed by atoms with Crippen LogP contribution in [0.1, 0.15) is 12.0 Å². The third-order valence-electron chi connectivity index (χ3n) is 3.83. The van der Waals surface area contributed by atoms with Gasteiger partial charge in [0.05, 0.1) is 7.11 Å². The SMILES string of the molecule is COc1ccc(CCC(=O)OCC(=O)Nc2nnc(-c3ccccc3)o2)cc1. The summed E-state index contributed by atoms with van der Waals surface area (Å²) in [5.41, 5.74) is 1.71. The number of amides is 1. The second-order valence-electron chi connectivity index (χ2n) is 5.84. The summed E-state index contributed by atoms with van der Waals surface area (Å²) in [6, 6.07) is 16.5. The lowest BCUT2D eigenvalue weighted by Gasteiger charge is -2.05. The fourth-order valence-electron chi connectivity index (χ4n) is 2.38. The molecule has 0 saturated heterocycles. The Bertz CT molecular complexity index is 923. The van der Waals surface area contributed by atoms with Gasteiger partial charge in [-0.1, -0.05) is 35.4 Å². The molecule has 0 unspecified atom stereocenters. The molecule has 1 N–H and O–H groups in total. The number of methoxy groups -OCH3 is 1. The van der Waals surface area contributed by atoms with Crippen molar-refractivity contribution in [1.82, 2.24) is 10.2 Å². The first-order chi connectivity index (χ1) is 13.6. The molecule has 0 saturated carbocycles. The lowest BCUT2D eigenvalue weighted by Crippen LogP contribution is -2.21. The number of rotatable bonds is 8. The second-order valence-corrected chi connectivity index (χ2v) is 5.84. The van der Waals surface area contributed by atoms with Crippen LogP contribution in [0.3, 0.4) is 0 Å². The maximum Gasteiger partial charge on any atom is 0.322 e. The van der Waals surface area contributed by atoms with Crippen LogP contribution in [-0.4, -0.2) is 35.8 Å². The van der Waals surface area contributed by atoms with Crippen molar-refractivity contribution in [1.29, 1.82) is 0 Å². The number of carbonyl (C=O) groups is 2. The van der Waals surface area contributed by atoms with Crippen LogP contribution in [0.15, 0.2) is 59.0 Å². The van der Waals surface area contributed by atoms with E-state index < -0.39 is 18.5 Å². The summed E-state index contributed by atoms with van der Waals surface area (Å²) >= 11 is 0. The fourth-order valence-corrected chi connectivity index (χ4v) is 2.38. The number of esters is 1. The van der Waals surface area contributed by atoms with Gasteiger partial charge in [0.1, 0.15) is 5.75 Å². The standard InChI is InChI=1S/C20H19N3O5/c1-26-16-10-7-14(8-11-16)9-12-18(25)27-13-17(24)21-20-23-22-19(28-20)15-5-3-2-4-6-15/h2-8,10-11H,9,12-13H2,1H3,(H,21,23,24). The monoisotopic (exact) mass is 381 g/mol. The Balaban J connectivity index is 1.41. The third kappa shape index (κ3) is 5.41. The molecule has 8 nitrogen and oxygen atoms in total. The van der Waals surface area contributed by atoms with E-state index in [1.54, 1.807) is 7.11 Å². The molecule has 0 aliphatic heterocycles. The van der Waals surface area contributed by atoms with E-state index >= 15 is 0 Å². The molecule has 1 aromatic heterocycles. The molecule has 2 aromatic carbocycles. The zero-order valence-electron chi connectivity index (χ0n) is 15.3. The molecule has 1 heterocycles. The first kappa shape index (κ1) is 19.1. The number of carbonyl (C=O) groups excluding carboxylic acids is 2. The average molecular weight is 381 g/mol. The number of aromatic nitrogens is 2. The maximum absolute atomic E-state index is 11.9. The molecular weight excluding hydrogens is 362 g/mol. The van der Waals surface area contributed by atoms with Crippen molar-refractivity contribution in [2.75, 3.05) is 19.0 Å². The van der Waals surface area contributed by atoms with Crippen molar-refractivity contribution in [2.24, 2.45) is 0 Å². The van der Waals surface area contributed by atoms with Gasteiger partial charge in [-0.3, -0.25) is 14.9 Å². The molecule has 1 amide bonds. The molecule has 0 atom stereocenters. The second kappa shape index (κ2) is 9.31. The smallest absolute Gasteiger partial charge is 0.322 e. The first-order valence-corrected chi connectivity index (χ1v) is 8.61. The highest BCUT2D eigenvalue weighted by atomic mass is 16.5. The third-order valence-corrected chi connectivity index (χ3v) is 3.83. The number of benzene rings is 2. The number of hydrogen-bond acceptors (Lipinski definition) is 7. The summed E-state index contributed by atoms with van der Waals surface area (Å²) in [4.78, 5) is 23.7. The maximum atomic E-state index is 11.9. The van der Waals surface area contributed by atoms with Crippen molar-refractivity contribution in [3.05, 3.63) is 60.2 Å². The predicted molar refractivity (Wildman–Crippen MR) is 101 cm³/mol. The van der Waals surface area contributed by atoms with Gasteiger partial charge >= 0.3 is 12.0 Å². The Morgan fingerprint density at radius 1 is 1.04 bits per heavy atom. The van der Waals surface area contributed by atoms with Crippen LogP contribution >= 0.6 is 0 Å². The van der Waals surface area contributed by atoms with Gasteiger partial charge in [-0.05, 0) is 36.2 Å². The van der Waals surface area contributed by atoms with Gasteiger partial charge < -0.3 is 13.9 Å². The lowest BCUT2D eigenvalue weighted by molar-refractivity contribution is -0.147. The Morgan fingerprint density at radius 3 is 2.50 bits per heavy atom. The first-order valence-electron chi connectivity index (χ1n) is 8.61. The fraction of sp³-hybridized carbons (Fsp3) is 0.200. The molecule has 3 rings (SSSR count). The summed E-state index contributed by atoms with van der Waals surface area (Å²) < 4.78 is 15.4. The van der Waals surface area contributed by atoms with Gasteiger partial charge in [-0.2, -0.15) is 0 Å². The largest absolute Gasteiger partial charge is 0.497 e. The van der Waals surface area contributed by atoms with Gasteiger partial charge in [0, 0.05) is 12.0 Å². The molecule has 0 bridgehead atoms. The minimum absolute atomic E-state index is 0.0573. The number of aryl methyl sites for hydroxylation is 1. The van der Waals surface area contributed by atoms with Crippen LogP contribution in [0, 0.1) is 0 Å². The normalized spacial score (nSPS) is 10.3. The highest BCUT2D eigenvalue weighted by Gasteiger charge is 2.13. The number of nitrogens with one attached hydrogen (secondary N) is 1. The lowest BCUT2D eigenvalue weighted by atomic mass is 10.1. The van der Waals surface area contributed by atoms with Gasteiger partial charge in [-0.25, -0.2) is 0 Å². The van der Waals surface area contributed by atoms with Crippen molar-refractivity contribution in [2.45, 2.75) is 12.8 Å². The Kier molecular flexibility index (Phi) is 6.35. The van der Waals surface area contributed by atoms with E-state index in [1.807, 2.05) is 54.6 Å². The van der Waals surface area contributed by atoms with Crippen molar-refractivity contribution in [3.8, 4) is 17.2 Å². The van der Waals surface area contributed by atoms with Crippen LogP contribution in [0.4, 0.5) is 6.01 Å². The topological polar surface area (TPSA) is 104 Å². The minimum atomic E-state index is -0.555. The summed E-state index contributed by atoms with van der Waals surface area (Å²) in [6.45, 7) is -0.426. The van der Waals surface area contributed by atoms with Crippen LogP contribution in [0.25, 0.3) is 11.5 Å².